The fraction of sp³-hybridized carbons (Fsp3) is 0.235. The van der Waals surface area contributed by atoms with E-state index < -0.39 is 0 Å². The van der Waals surface area contributed by atoms with Crippen LogP contribution in [0.1, 0.15) is 15.9 Å². The Kier molecular flexibility index (Phi) is 4.82. The Hall–Kier alpha value is -2.49. The lowest BCUT2D eigenvalue weighted by Gasteiger charge is -2.14. The Morgan fingerprint density at radius 1 is 1.00 bits per heavy atom. The molecule has 0 aliphatic carbocycles. The third-order valence-corrected chi connectivity index (χ3v) is 3.19. The third kappa shape index (κ3) is 3.34. The molecule has 0 atom stereocenters. The van der Waals surface area contributed by atoms with Crippen LogP contribution in [0.25, 0.3) is 0 Å². The van der Waals surface area contributed by atoms with E-state index in [0.717, 1.165) is 5.56 Å². The number of hydrogen-bond acceptors (Lipinski definition) is 4. The largest absolute Gasteiger partial charge is 0.496 e. The number of Topliss-reactive ketones (excluding diaryl/α,β-unsaturated/α-hetero) is 1. The molecule has 4 heteroatoms. The van der Waals surface area contributed by atoms with E-state index in [1.165, 1.54) is 7.11 Å². The van der Waals surface area contributed by atoms with Crippen LogP contribution in [0.15, 0.2) is 42.5 Å². The lowest BCUT2D eigenvalue weighted by molar-refractivity contribution is 0.0918. The van der Waals surface area contributed by atoms with Gasteiger partial charge in [-0.15, -0.1) is 0 Å². The molecule has 0 spiro atoms. The Balaban J connectivity index is 2.17. The van der Waals surface area contributed by atoms with Crippen LogP contribution in [0.5, 0.6) is 17.2 Å². The zero-order chi connectivity index (χ0) is 15.2. The Labute approximate surface area is 124 Å². The molecule has 0 saturated carbocycles. The monoisotopic (exact) mass is 286 g/mol. The van der Waals surface area contributed by atoms with Gasteiger partial charge in [0, 0.05) is 5.56 Å². The molecule has 2 rings (SSSR count). The van der Waals surface area contributed by atoms with Gasteiger partial charge in [0.15, 0.2) is 6.61 Å². The number of methoxy groups -OCH3 is 2. The Morgan fingerprint density at radius 2 is 1.71 bits per heavy atom. The summed E-state index contributed by atoms with van der Waals surface area (Å²) in [6, 6.07) is 12.7. The first kappa shape index (κ1) is 14.9. The predicted molar refractivity (Wildman–Crippen MR) is 80.6 cm³/mol. The van der Waals surface area contributed by atoms with Gasteiger partial charge in [0.1, 0.15) is 17.2 Å². The number of benzene rings is 2. The van der Waals surface area contributed by atoms with E-state index in [-0.39, 0.29) is 12.4 Å². The quantitative estimate of drug-likeness (QED) is 0.764. The fourth-order valence-corrected chi connectivity index (χ4v) is 2.12. The summed E-state index contributed by atoms with van der Waals surface area (Å²) >= 11 is 0. The first-order valence-corrected chi connectivity index (χ1v) is 6.60. The fourth-order valence-electron chi connectivity index (χ4n) is 2.12. The molecule has 0 heterocycles. The second-order valence-electron chi connectivity index (χ2n) is 4.50. The number of carbonyl (C=O) groups is 1. The van der Waals surface area contributed by atoms with Gasteiger partial charge in [0.05, 0.1) is 19.8 Å². The summed E-state index contributed by atoms with van der Waals surface area (Å²) in [6.45, 7) is 1.82. The Bertz CT molecular complexity index is 620. The van der Waals surface area contributed by atoms with E-state index >= 15 is 0 Å². The van der Waals surface area contributed by atoms with Crippen molar-refractivity contribution in [1.82, 2.24) is 0 Å². The molecule has 0 amide bonds. The van der Waals surface area contributed by atoms with Crippen LogP contribution >= 0.6 is 0 Å². The van der Waals surface area contributed by atoms with Gasteiger partial charge in [-0.25, -0.2) is 0 Å². The van der Waals surface area contributed by atoms with Gasteiger partial charge in [0.25, 0.3) is 0 Å². The van der Waals surface area contributed by atoms with Crippen molar-refractivity contribution in [3.63, 3.8) is 0 Å². The first-order valence-electron chi connectivity index (χ1n) is 6.60. The van der Waals surface area contributed by atoms with Gasteiger partial charge < -0.3 is 14.2 Å². The lowest BCUT2D eigenvalue weighted by atomic mass is 10.1. The molecule has 0 fully saturated rings. The minimum atomic E-state index is -0.138. The summed E-state index contributed by atoms with van der Waals surface area (Å²) in [4.78, 5) is 12.3. The summed E-state index contributed by atoms with van der Waals surface area (Å²) in [5.41, 5.74) is 1.29. The Morgan fingerprint density at radius 3 is 2.33 bits per heavy atom. The van der Waals surface area contributed by atoms with Crippen LogP contribution in [0.4, 0.5) is 0 Å². The van der Waals surface area contributed by atoms with Crippen LogP contribution < -0.4 is 14.2 Å². The maximum Gasteiger partial charge on any atom is 0.203 e. The molecule has 21 heavy (non-hydrogen) atoms. The highest BCUT2D eigenvalue weighted by Crippen LogP contribution is 2.31. The number of ether oxygens (including phenoxy) is 3. The molecular formula is C17H18O4. The van der Waals surface area contributed by atoms with Crippen molar-refractivity contribution < 1.29 is 19.0 Å². The normalized spacial score (nSPS) is 10.0. The number of ketones is 1. The number of carbonyl (C=O) groups excluding carboxylic acids is 1. The minimum Gasteiger partial charge on any atom is -0.496 e. The van der Waals surface area contributed by atoms with Gasteiger partial charge >= 0.3 is 0 Å². The van der Waals surface area contributed by atoms with Crippen LogP contribution in [-0.2, 0) is 0 Å². The average molecular weight is 286 g/mol. The standard InChI is InChI=1S/C17H18O4/c1-12-16(19-2)10-9-14(17(12)20-3)15(18)11-21-13-7-5-4-6-8-13/h4-10H,11H2,1-3H3. The molecule has 0 bridgehead atoms. The van der Waals surface area contributed by atoms with Crippen molar-refractivity contribution in [2.24, 2.45) is 0 Å². The minimum absolute atomic E-state index is 0.0356. The van der Waals surface area contributed by atoms with Gasteiger partial charge in [-0.1, -0.05) is 18.2 Å². The van der Waals surface area contributed by atoms with Crippen molar-refractivity contribution in [2.45, 2.75) is 6.92 Å². The summed E-state index contributed by atoms with van der Waals surface area (Å²) in [7, 11) is 3.12. The molecule has 2 aromatic rings. The lowest BCUT2D eigenvalue weighted by Crippen LogP contribution is -2.13. The van der Waals surface area contributed by atoms with Crippen LogP contribution in [-0.4, -0.2) is 26.6 Å². The molecule has 110 valence electrons. The molecule has 0 N–H and O–H groups in total. The third-order valence-electron chi connectivity index (χ3n) is 3.19. The van der Waals surface area contributed by atoms with Gasteiger partial charge in [-0.2, -0.15) is 0 Å². The zero-order valence-electron chi connectivity index (χ0n) is 12.4. The maximum atomic E-state index is 12.3. The number of hydrogen-bond donors (Lipinski definition) is 0. The van der Waals surface area contributed by atoms with Gasteiger partial charge in [-0.05, 0) is 31.2 Å². The highest BCUT2D eigenvalue weighted by molar-refractivity contribution is 6.00. The van der Waals surface area contributed by atoms with Crippen LogP contribution in [0.2, 0.25) is 0 Å². The molecule has 0 radical (unpaired) electrons. The second-order valence-corrected chi connectivity index (χ2v) is 4.50. The highest BCUT2D eigenvalue weighted by atomic mass is 16.5. The van der Waals surface area contributed by atoms with E-state index in [9.17, 15) is 4.79 Å². The van der Waals surface area contributed by atoms with E-state index in [0.29, 0.717) is 22.8 Å². The summed E-state index contributed by atoms with van der Waals surface area (Å²) in [6.07, 6.45) is 0. The van der Waals surface area contributed by atoms with E-state index in [1.54, 1.807) is 19.2 Å². The van der Waals surface area contributed by atoms with Gasteiger partial charge in [0.2, 0.25) is 5.78 Å². The topological polar surface area (TPSA) is 44.8 Å². The number of para-hydroxylation sites is 1. The van der Waals surface area contributed by atoms with Crippen LogP contribution in [0.3, 0.4) is 0 Å². The van der Waals surface area contributed by atoms with Crippen molar-refractivity contribution in [3.8, 4) is 17.2 Å². The van der Waals surface area contributed by atoms with Crippen molar-refractivity contribution in [1.29, 1.82) is 0 Å². The smallest absolute Gasteiger partial charge is 0.203 e. The summed E-state index contributed by atoms with van der Waals surface area (Å²) < 4.78 is 16.0. The molecule has 0 aliphatic heterocycles. The first-order chi connectivity index (χ1) is 10.2. The van der Waals surface area contributed by atoms with E-state index in [1.807, 2.05) is 37.3 Å². The molecule has 0 aromatic heterocycles. The highest BCUT2D eigenvalue weighted by Gasteiger charge is 2.17. The SMILES string of the molecule is COc1ccc(C(=O)COc2ccccc2)c(OC)c1C. The van der Waals surface area contributed by atoms with Crippen molar-refractivity contribution in [2.75, 3.05) is 20.8 Å². The van der Waals surface area contributed by atoms with E-state index in [2.05, 4.69) is 0 Å². The van der Waals surface area contributed by atoms with Crippen molar-refractivity contribution in [3.05, 3.63) is 53.6 Å². The average Bonchev–Trinajstić information content (AvgIpc) is 2.53. The molecular weight excluding hydrogens is 268 g/mol. The molecule has 0 unspecified atom stereocenters. The summed E-state index contributed by atoms with van der Waals surface area (Å²) in [5, 5.41) is 0. The summed E-state index contributed by atoms with van der Waals surface area (Å²) in [5.74, 6) is 1.74. The molecule has 4 nitrogen and oxygen atoms in total. The van der Waals surface area contributed by atoms with Crippen molar-refractivity contribution >= 4 is 5.78 Å². The van der Waals surface area contributed by atoms with Crippen LogP contribution in [0, 0.1) is 6.92 Å². The second kappa shape index (κ2) is 6.79. The molecule has 0 saturated heterocycles. The van der Waals surface area contributed by atoms with E-state index in [4.69, 9.17) is 14.2 Å². The maximum absolute atomic E-state index is 12.3. The predicted octanol–water partition coefficient (Wildman–Crippen LogP) is 3.27. The number of rotatable bonds is 6. The molecule has 0 aliphatic rings. The molecule has 2 aromatic carbocycles. The zero-order valence-corrected chi connectivity index (χ0v) is 12.4. The van der Waals surface area contributed by atoms with Gasteiger partial charge in [-0.3, -0.25) is 4.79 Å².